The minimum Gasteiger partial charge on any atom is -0.429 e. The van der Waals surface area contributed by atoms with E-state index >= 15 is 0 Å². The molecule has 2 aliphatic rings. The first-order valence-electron chi connectivity index (χ1n) is 13.9. The molecule has 0 amide bonds. The van der Waals surface area contributed by atoms with Crippen LogP contribution in [0.2, 0.25) is 0 Å². The largest absolute Gasteiger partial charge is 0.429 e. The molecule has 38 heavy (non-hydrogen) atoms. The zero-order valence-electron chi connectivity index (χ0n) is 21.9. The van der Waals surface area contributed by atoms with E-state index < -0.39 is 23.3 Å². The van der Waals surface area contributed by atoms with Crippen LogP contribution < -0.4 is 4.74 Å². The highest BCUT2D eigenvalue weighted by Crippen LogP contribution is 2.39. The van der Waals surface area contributed by atoms with E-state index in [1.54, 1.807) is 6.07 Å². The first-order valence-corrected chi connectivity index (χ1v) is 13.9. The third-order valence-corrected chi connectivity index (χ3v) is 7.89. The van der Waals surface area contributed by atoms with Gasteiger partial charge in [-0.05, 0) is 124 Å². The highest BCUT2D eigenvalue weighted by atomic mass is 19.3. The molecular formula is C32H38F4O2. The van der Waals surface area contributed by atoms with Crippen molar-refractivity contribution >= 4 is 0 Å². The van der Waals surface area contributed by atoms with Crippen molar-refractivity contribution in [2.45, 2.75) is 82.3 Å². The maximum absolute atomic E-state index is 14.8. The van der Waals surface area contributed by atoms with E-state index in [0.29, 0.717) is 17.9 Å². The lowest BCUT2D eigenvalue weighted by atomic mass is 9.77. The number of hydrogen-bond donors (Lipinski definition) is 0. The zero-order chi connectivity index (χ0) is 27.0. The molecule has 0 aromatic heterocycles. The van der Waals surface area contributed by atoms with Crippen LogP contribution in [0, 0.1) is 23.5 Å². The molecule has 2 fully saturated rings. The molecule has 6 heteroatoms. The molecule has 4 rings (SSSR count). The summed E-state index contributed by atoms with van der Waals surface area (Å²) in [5.41, 5.74) is -0.0725. The molecule has 0 atom stereocenters. The van der Waals surface area contributed by atoms with Gasteiger partial charge < -0.3 is 9.47 Å². The number of halogens is 4. The third kappa shape index (κ3) is 7.95. The number of ether oxygens (including phenoxy) is 2. The van der Waals surface area contributed by atoms with Gasteiger partial charge in [-0.3, -0.25) is 0 Å². The predicted molar refractivity (Wildman–Crippen MR) is 142 cm³/mol. The highest BCUT2D eigenvalue weighted by molar-refractivity contribution is 5.31. The summed E-state index contributed by atoms with van der Waals surface area (Å²) < 4.78 is 67.6. The number of alkyl halides is 2. The van der Waals surface area contributed by atoms with Gasteiger partial charge >= 0.3 is 6.11 Å². The van der Waals surface area contributed by atoms with Gasteiger partial charge in [0.25, 0.3) is 0 Å². The highest BCUT2D eigenvalue weighted by Gasteiger charge is 2.38. The molecule has 0 heterocycles. The fourth-order valence-electron chi connectivity index (χ4n) is 5.61. The maximum atomic E-state index is 14.8. The second-order valence-corrected chi connectivity index (χ2v) is 10.6. The molecule has 0 saturated heterocycles. The summed E-state index contributed by atoms with van der Waals surface area (Å²) in [6.07, 6.45) is 13.7. The Balaban J connectivity index is 1.23. The van der Waals surface area contributed by atoms with Crippen molar-refractivity contribution in [3.05, 3.63) is 90.0 Å². The molecule has 2 aromatic rings. The summed E-state index contributed by atoms with van der Waals surface area (Å²) in [7, 11) is 0. The van der Waals surface area contributed by atoms with Gasteiger partial charge in [0, 0.05) is 6.61 Å². The molecular weight excluding hydrogens is 492 g/mol. The molecule has 2 nitrogen and oxygen atoms in total. The third-order valence-electron chi connectivity index (χ3n) is 7.89. The van der Waals surface area contributed by atoms with E-state index in [9.17, 15) is 17.6 Å². The normalized spacial score (nSPS) is 24.4. The van der Waals surface area contributed by atoms with Crippen LogP contribution in [0.25, 0.3) is 0 Å². The van der Waals surface area contributed by atoms with E-state index in [1.165, 1.54) is 18.9 Å². The average Bonchev–Trinajstić information content (AvgIpc) is 2.92. The Morgan fingerprint density at radius 2 is 1.47 bits per heavy atom. The smallest absolute Gasteiger partial charge is 0.429 e. The van der Waals surface area contributed by atoms with Crippen molar-refractivity contribution in [3.8, 4) is 5.75 Å². The van der Waals surface area contributed by atoms with Gasteiger partial charge in [-0.2, -0.15) is 8.78 Å². The van der Waals surface area contributed by atoms with Crippen molar-refractivity contribution in [1.29, 1.82) is 0 Å². The fraction of sp³-hybridized carbons (Fsp3) is 0.500. The van der Waals surface area contributed by atoms with Gasteiger partial charge in [0.15, 0.2) is 0 Å². The minimum absolute atomic E-state index is 0.156. The SMILES string of the molecule is C=CCCCOC1CCC(/C=C/C2CCC(c3ccc(C(F)(F)Oc4ccc(F)cc4)c(F)c3)CC2)CC1. The standard InChI is InChI=1S/C32H38F4O2/c1-2-3-4-21-37-28-16-9-24(10-17-28)6-5-23-7-11-25(12-8-23)26-13-20-30(31(34)22-26)32(35,36)38-29-18-14-27(33)15-19-29/h2,5-6,13-15,18-20,22-25,28H,1,3-4,7-12,16-17,21H2/b6-5+. The molecule has 2 aromatic carbocycles. The first-order chi connectivity index (χ1) is 18.3. The van der Waals surface area contributed by atoms with Gasteiger partial charge in [-0.1, -0.05) is 24.3 Å². The Kier molecular flexibility index (Phi) is 10.1. The summed E-state index contributed by atoms with van der Waals surface area (Å²) in [5.74, 6) is -0.505. The van der Waals surface area contributed by atoms with Crippen LogP contribution in [0.3, 0.4) is 0 Å². The summed E-state index contributed by atoms with van der Waals surface area (Å²) in [6.45, 7) is 4.56. The number of unbranched alkanes of at least 4 members (excludes halogenated alkanes) is 1. The Morgan fingerprint density at radius 1 is 0.842 bits per heavy atom. The van der Waals surface area contributed by atoms with E-state index in [1.807, 2.05) is 6.08 Å². The Morgan fingerprint density at radius 3 is 2.08 bits per heavy atom. The van der Waals surface area contributed by atoms with Crippen LogP contribution in [0.1, 0.15) is 81.3 Å². The van der Waals surface area contributed by atoms with Gasteiger partial charge in [0.2, 0.25) is 0 Å². The zero-order valence-corrected chi connectivity index (χ0v) is 21.9. The molecule has 0 spiro atoms. The Bertz CT molecular complexity index is 1050. The summed E-state index contributed by atoms with van der Waals surface area (Å²) in [4.78, 5) is 0. The van der Waals surface area contributed by atoms with Crippen LogP contribution in [0.5, 0.6) is 5.75 Å². The number of hydrogen-bond acceptors (Lipinski definition) is 2. The van der Waals surface area contributed by atoms with E-state index in [0.717, 1.165) is 93.9 Å². The molecule has 0 bridgehead atoms. The van der Waals surface area contributed by atoms with Gasteiger partial charge in [0.1, 0.15) is 17.4 Å². The lowest BCUT2D eigenvalue weighted by Gasteiger charge is -2.29. The molecule has 0 N–H and O–H groups in total. The molecule has 206 valence electrons. The van der Waals surface area contributed by atoms with E-state index in [-0.39, 0.29) is 11.7 Å². The Hall–Kier alpha value is -2.60. The molecule has 0 aliphatic heterocycles. The fourth-order valence-corrected chi connectivity index (χ4v) is 5.61. The Labute approximate surface area is 223 Å². The van der Waals surface area contributed by atoms with Crippen LogP contribution in [-0.4, -0.2) is 12.7 Å². The first kappa shape index (κ1) is 28.4. The number of rotatable bonds is 11. The quantitative estimate of drug-likeness (QED) is 0.164. The number of benzene rings is 2. The summed E-state index contributed by atoms with van der Waals surface area (Å²) in [6, 6.07) is 8.13. The van der Waals surface area contributed by atoms with E-state index in [4.69, 9.17) is 4.74 Å². The van der Waals surface area contributed by atoms with Crippen molar-refractivity contribution in [2.75, 3.05) is 6.61 Å². The van der Waals surface area contributed by atoms with Crippen LogP contribution >= 0.6 is 0 Å². The van der Waals surface area contributed by atoms with Crippen LogP contribution in [0.4, 0.5) is 17.6 Å². The summed E-state index contributed by atoms with van der Waals surface area (Å²) >= 11 is 0. The number of allylic oxidation sites excluding steroid dienone is 3. The molecule has 2 saturated carbocycles. The molecule has 2 aliphatic carbocycles. The topological polar surface area (TPSA) is 18.5 Å². The minimum atomic E-state index is -3.86. The van der Waals surface area contributed by atoms with Crippen molar-refractivity contribution < 1.29 is 27.0 Å². The van der Waals surface area contributed by atoms with Crippen molar-refractivity contribution in [1.82, 2.24) is 0 Å². The van der Waals surface area contributed by atoms with Gasteiger partial charge in [-0.25, -0.2) is 8.78 Å². The van der Waals surface area contributed by atoms with Crippen molar-refractivity contribution in [3.63, 3.8) is 0 Å². The van der Waals surface area contributed by atoms with Gasteiger partial charge in [-0.15, -0.1) is 6.58 Å². The second-order valence-electron chi connectivity index (χ2n) is 10.6. The van der Waals surface area contributed by atoms with Crippen LogP contribution in [-0.2, 0) is 10.8 Å². The molecule has 0 radical (unpaired) electrons. The van der Waals surface area contributed by atoms with E-state index in [2.05, 4.69) is 23.5 Å². The lowest BCUT2D eigenvalue weighted by molar-refractivity contribution is -0.187. The maximum Gasteiger partial charge on any atom is 0.429 e. The second kappa shape index (κ2) is 13.5. The molecule has 0 unspecified atom stereocenters. The van der Waals surface area contributed by atoms with Gasteiger partial charge in [0.05, 0.1) is 11.7 Å². The predicted octanol–water partition coefficient (Wildman–Crippen LogP) is 9.46. The van der Waals surface area contributed by atoms with Crippen molar-refractivity contribution in [2.24, 2.45) is 11.8 Å². The lowest BCUT2D eigenvalue weighted by Crippen LogP contribution is -2.23. The van der Waals surface area contributed by atoms with Crippen LogP contribution in [0.15, 0.2) is 67.3 Å². The monoisotopic (exact) mass is 530 g/mol. The summed E-state index contributed by atoms with van der Waals surface area (Å²) in [5, 5.41) is 0. The average molecular weight is 531 g/mol.